The maximum Gasteiger partial charge on any atom is 0.235 e. The van der Waals surface area contributed by atoms with Gasteiger partial charge in [0.15, 0.2) is 0 Å². The van der Waals surface area contributed by atoms with E-state index in [1.54, 1.807) is 7.11 Å². The van der Waals surface area contributed by atoms with Crippen molar-refractivity contribution in [2.24, 2.45) is 0 Å². The van der Waals surface area contributed by atoms with Crippen LogP contribution in [0.3, 0.4) is 0 Å². The quantitative estimate of drug-likeness (QED) is 0.654. The van der Waals surface area contributed by atoms with Gasteiger partial charge in [-0.2, -0.15) is 0 Å². The molecule has 0 bridgehead atoms. The van der Waals surface area contributed by atoms with E-state index in [1.807, 2.05) is 13.0 Å². The Hall–Kier alpha value is -1.38. The fourth-order valence-electron chi connectivity index (χ4n) is 1.49. The Bertz CT molecular complexity index is 358. The van der Waals surface area contributed by atoms with Crippen molar-refractivity contribution >= 4 is 6.08 Å². The van der Waals surface area contributed by atoms with Crippen molar-refractivity contribution in [1.82, 2.24) is 9.97 Å². The van der Waals surface area contributed by atoms with Crippen LogP contribution >= 0.6 is 0 Å². The molecule has 3 nitrogen and oxygen atoms in total. The normalized spacial score (nSPS) is 14.0. The molecule has 0 aromatic carbocycles. The number of aromatic nitrogens is 2. The van der Waals surface area contributed by atoms with Crippen LogP contribution in [0.15, 0.2) is 6.08 Å². The average Bonchev–Trinajstić information content (AvgIpc) is 2.17. The number of hydrogen-bond acceptors (Lipinski definition) is 3. The van der Waals surface area contributed by atoms with Gasteiger partial charge in [0, 0.05) is 0 Å². The first-order chi connectivity index (χ1) is 6.31. The standard InChI is InChI=1S/C10H12N2O/c1-7-10(13-2)12-9-6-4-3-5-8(9)11-7/h4,6H,3,5H2,1-2H3. The first-order valence-electron chi connectivity index (χ1n) is 4.39. The van der Waals surface area contributed by atoms with E-state index >= 15 is 0 Å². The summed E-state index contributed by atoms with van der Waals surface area (Å²) in [5, 5.41) is 0. The number of methoxy groups -OCH3 is 1. The maximum absolute atomic E-state index is 5.10. The molecule has 0 aliphatic heterocycles. The molecule has 0 spiro atoms. The Kier molecular flexibility index (Phi) is 2.00. The number of rotatable bonds is 1. The summed E-state index contributed by atoms with van der Waals surface area (Å²) in [7, 11) is 1.62. The van der Waals surface area contributed by atoms with Crippen molar-refractivity contribution in [3.8, 4) is 5.88 Å². The zero-order valence-electron chi connectivity index (χ0n) is 7.87. The van der Waals surface area contributed by atoms with Gasteiger partial charge in [-0.1, -0.05) is 6.08 Å². The van der Waals surface area contributed by atoms with Gasteiger partial charge in [0.1, 0.15) is 0 Å². The van der Waals surface area contributed by atoms with Gasteiger partial charge in [0.25, 0.3) is 0 Å². The maximum atomic E-state index is 5.10. The predicted molar refractivity (Wildman–Crippen MR) is 50.7 cm³/mol. The van der Waals surface area contributed by atoms with Gasteiger partial charge in [0.05, 0.1) is 24.2 Å². The first-order valence-corrected chi connectivity index (χ1v) is 4.39. The Balaban J connectivity index is 2.52. The Morgan fingerprint density at radius 1 is 1.38 bits per heavy atom. The van der Waals surface area contributed by atoms with Gasteiger partial charge in [-0.15, -0.1) is 0 Å². The summed E-state index contributed by atoms with van der Waals surface area (Å²) in [4.78, 5) is 8.81. The van der Waals surface area contributed by atoms with Crippen molar-refractivity contribution in [2.45, 2.75) is 19.8 Å². The van der Waals surface area contributed by atoms with Crippen LogP contribution in [0.2, 0.25) is 0 Å². The van der Waals surface area contributed by atoms with Crippen LogP contribution in [0.4, 0.5) is 0 Å². The fraction of sp³-hybridized carbons (Fsp3) is 0.400. The number of hydrogen-bond donors (Lipinski definition) is 0. The molecule has 0 fully saturated rings. The topological polar surface area (TPSA) is 35.0 Å². The summed E-state index contributed by atoms with van der Waals surface area (Å²) in [6.07, 6.45) is 6.18. The van der Waals surface area contributed by atoms with Crippen LogP contribution in [-0.4, -0.2) is 17.1 Å². The van der Waals surface area contributed by atoms with Crippen LogP contribution in [0.5, 0.6) is 5.88 Å². The van der Waals surface area contributed by atoms with Crippen LogP contribution in [0, 0.1) is 6.92 Å². The number of allylic oxidation sites excluding steroid dienone is 1. The fourth-order valence-corrected chi connectivity index (χ4v) is 1.49. The highest BCUT2D eigenvalue weighted by Crippen LogP contribution is 2.20. The second kappa shape index (κ2) is 3.17. The SMILES string of the molecule is COc1nc2c(nc1C)CCC=C2. The molecule has 0 atom stereocenters. The summed E-state index contributed by atoms with van der Waals surface area (Å²) >= 11 is 0. The number of nitrogens with zero attached hydrogens (tertiary/aromatic N) is 2. The lowest BCUT2D eigenvalue weighted by Gasteiger charge is -2.11. The zero-order valence-corrected chi connectivity index (χ0v) is 7.87. The molecule has 2 rings (SSSR count). The Labute approximate surface area is 77.5 Å². The number of ether oxygens (including phenoxy) is 1. The molecule has 13 heavy (non-hydrogen) atoms. The van der Waals surface area contributed by atoms with E-state index in [0.29, 0.717) is 5.88 Å². The Morgan fingerprint density at radius 3 is 3.00 bits per heavy atom. The third-order valence-corrected chi connectivity index (χ3v) is 2.15. The second-order valence-corrected chi connectivity index (χ2v) is 3.09. The number of fused-ring (bicyclic) bond motifs is 1. The molecule has 1 aromatic rings. The van der Waals surface area contributed by atoms with E-state index in [4.69, 9.17) is 4.74 Å². The molecule has 0 unspecified atom stereocenters. The number of aryl methyl sites for hydroxylation is 2. The summed E-state index contributed by atoms with van der Waals surface area (Å²) in [6.45, 7) is 1.92. The lowest BCUT2D eigenvalue weighted by atomic mass is 10.1. The van der Waals surface area contributed by atoms with E-state index in [1.165, 1.54) is 0 Å². The molecule has 1 aromatic heterocycles. The van der Waals surface area contributed by atoms with Crippen LogP contribution in [-0.2, 0) is 6.42 Å². The van der Waals surface area contributed by atoms with Gasteiger partial charge in [-0.25, -0.2) is 4.98 Å². The molecule has 0 amide bonds. The largest absolute Gasteiger partial charge is 0.480 e. The highest BCUT2D eigenvalue weighted by atomic mass is 16.5. The highest BCUT2D eigenvalue weighted by molar-refractivity contribution is 5.51. The van der Waals surface area contributed by atoms with Crippen LogP contribution < -0.4 is 4.74 Å². The van der Waals surface area contributed by atoms with Crippen molar-refractivity contribution in [2.75, 3.05) is 7.11 Å². The minimum Gasteiger partial charge on any atom is -0.480 e. The van der Waals surface area contributed by atoms with Gasteiger partial charge >= 0.3 is 0 Å². The van der Waals surface area contributed by atoms with E-state index in [9.17, 15) is 0 Å². The van der Waals surface area contributed by atoms with Crippen molar-refractivity contribution < 1.29 is 4.74 Å². The minimum absolute atomic E-state index is 0.630. The summed E-state index contributed by atoms with van der Waals surface area (Å²) < 4.78 is 5.10. The Morgan fingerprint density at radius 2 is 2.23 bits per heavy atom. The van der Waals surface area contributed by atoms with E-state index in [2.05, 4.69) is 16.0 Å². The lowest BCUT2D eigenvalue weighted by Crippen LogP contribution is -2.05. The van der Waals surface area contributed by atoms with Crippen molar-refractivity contribution in [3.05, 3.63) is 23.2 Å². The van der Waals surface area contributed by atoms with Crippen molar-refractivity contribution in [3.63, 3.8) is 0 Å². The second-order valence-electron chi connectivity index (χ2n) is 3.09. The lowest BCUT2D eigenvalue weighted by molar-refractivity contribution is 0.390. The molecule has 0 saturated carbocycles. The molecule has 68 valence electrons. The summed E-state index contributed by atoms with van der Waals surface area (Å²) in [6, 6.07) is 0. The molecule has 0 radical (unpaired) electrons. The first kappa shape index (κ1) is 8.23. The third kappa shape index (κ3) is 1.41. The van der Waals surface area contributed by atoms with Gasteiger partial charge in [-0.3, -0.25) is 4.98 Å². The van der Waals surface area contributed by atoms with Gasteiger partial charge in [-0.05, 0) is 25.8 Å². The minimum atomic E-state index is 0.630. The summed E-state index contributed by atoms with van der Waals surface area (Å²) in [5.41, 5.74) is 2.91. The molecule has 0 N–H and O–H groups in total. The van der Waals surface area contributed by atoms with Gasteiger partial charge in [0.2, 0.25) is 5.88 Å². The van der Waals surface area contributed by atoms with Crippen LogP contribution in [0.25, 0.3) is 6.08 Å². The molecule has 0 saturated heterocycles. The molecule has 1 aliphatic rings. The monoisotopic (exact) mass is 176 g/mol. The van der Waals surface area contributed by atoms with E-state index in [0.717, 1.165) is 29.9 Å². The summed E-state index contributed by atoms with van der Waals surface area (Å²) in [5.74, 6) is 0.630. The molecular formula is C10H12N2O. The van der Waals surface area contributed by atoms with E-state index in [-0.39, 0.29) is 0 Å². The third-order valence-electron chi connectivity index (χ3n) is 2.15. The zero-order chi connectivity index (χ0) is 9.26. The molecule has 1 heterocycles. The highest BCUT2D eigenvalue weighted by Gasteiger charge is 2.11. The molecule has 1 aliphatic carbocycles. The molecule has 3 heteroatoms. The van der Waals surface area contributed by atoms with Crippen LogP contribution in [0.1, 0.15) is 23.5 Å². The van der Waals surface area contributed by atoms with E-state index < -0.39 is 0 Å². The smallest absolute Gasteiger partial charge is 0.235 e. The molecular weight excluding hydrogens is 164 g/mol. The van der Waals surface area contributed by atoms with Crippen molar-refractivity contribution in [1.29, 1.82) is 0 Å². The van der Waals surface area contributed by atoms with Gasteiger partial charge < -0.3 is 4.74 Å². The predicted octanol–water partition coefficient (Wildman–Crippen LogP) is 1.75. The average molecular weight is 176 g/mol.